The number of nitrogens with two attached hydrogens (primary N) is 2. The van der Waals surface area contributed by atoms with Crippen LogP contribution in [0.2, 0.25) is 5.02 Å². The summed E-state index contributed by atoms with van der Waals surface area (Å²) in [6, 6.07) is 7.65. The van der Waals surface area contributed by atoms with Crippen LogP contribution in [-0.4, -0.2) is 23.6 Å². The first kappa shape index (κ1) is 15.6. The molecule has 21 heavy (non-hydrogen) atoms. The molecule has 1 aromatic carbocycles. The van der Waals surface area contributed by atoms with Crippen LogP contribution in [0.5, 0.6) is 0 Å². The molecule has 0 unspecified atom stereocenters. The topological polar surface area (TPSA) is 102 Å². The normalized spacial score (nSPS) is 25.3. The predicted octanol–water partition coefficient (Wildman–Crippen LogP) is 2.13. The van der Waals surface area contributed by atoms with Crippen LogP contribution in [0.1, 0.15) is 31.2 Å². The Balaban J connectivity index is 2.26. The summed E-state index contributed by atoms with van der Waals surface area (Å²) >= 11 is 5.94. The minimum Gasteiger partial charge on any atom is -0.481 e. The van der Waals surface area contributed by atoms with Crippen LogP contribution in [-0.2, 0) is 10.2 Å². The van der Waals surface area contributed by atoms with E-state index in [0.717, 1.165) is 18.4 Å². The smallest absolute Gasteiger partial charge is 0.306 e. The highest BCUT2D eigenvalue weighted by Crippen LogP contribution is 2.42. The van der Waals surface area contributed by atoms with E-state index < -0.39 is 5.97 Å². The van der Waals surface area contributed by atoms with Gasteiger partial charge in [-0.15, -0.1) is 0 Å². The van der Waals surface area contributed by atoms with Crippen molar-refractivity contribution >= 4 is 23.5 Å². The van der Waals surface area contributed by atoms with Crippen molar-refractivity contribution in [2.75, 3.05) is 6.54 Å². The number of aliphatic imine (C=N–C) groups is 1. The molecule has 1 saturated carbocycles. The van der Waals surface area contributed by atoms with E-state index in [2.05, 4.69) is 4.99 Å². The van der Waals surface area contributed by atoms with Gasteiger partial charge in [0.1, 0.15) is 0 Å². The second-order valence-corrected chi connectivity index (χ2v) is 6.08. The van der Waals surface area contributed by atoms with Gasteiger partial charge in [0, 0.05) is 10.4 Å². The van der Waals surface area contributed by atoms with E-state index in [4.69, 9.17) is 28.2 Å². The highest BCUT2D eigenvalue weighted by Gasteiger charge is 2.38. The maximum absolute atomic E-state index is 11.1. The zero-order valence-electron chi connectivity index (χ0n) is 11.8. The van der Waals surface area contributed by atoms with Gasteiger partial charge in [-0.05, 0) is 43.4 Å². The first-order valence-electron chi connectivity index (χ1n) is 6.97. The summed E-state index contributed by atoms with van der Waals surface area (Å²) in [6.07, 6.45) is 2.78. The molecule has 114 valence electrons. The molecule has 0 atom stereocenters. The molecule has 0 aromatic heterocycles. The lowest BCUT2D eigenvalue weighted by atomic mass is 9.66. The zero-order valence-corrected chi connectivity index (χ0v) is 12.5. The fourth-order valence-electron chi connectivity index (χ4n) is 3.00. The van der Waals surface area contributed by atoms with Gasteiger partial charge in [0.2, 0.25) is 0 Å². The molecule has 1 aromatic rings. The maximum atomic E-state index is 11.1. The predicted molar refractivity (Wildman–Crippen MR) is 83.4 cm³/mol. The fraction of sp³-hybridized carbons (Fsp3) is 0.467. The van der Waals surface area contributed by atoms with Gasteiger partial charge in [-0.2, -0.15) is 0 Å². The van der Waals surface area contributed by atoms with Crippen LogP contribution in [0, 0.1) is 5.92 Å². The van der Waals surface area contributed by atoms with Crippen LogP contribution in [0.15, 0.2) is 29.3 Å². The fourth-order valence-corrected chi connectivity index (χ4v) is 3.13. The molecule has 0 radical (unpaired) electrons. The summed E-state index contributed by atoms with van der Waals surface area (Å²) in [7, 11) is 0. The van der Waals surface area contributed by atoms with E-state index in [1.807, 2.05) is 24.3 Å². The zero-order chi connectivity index (χ0) is 15.5. The first-order chi connectivity index (χ1) is 9.93. The molecule has 0 amide bonds. The second-order valence-electron chi connectivity index (χ2n) is 5.64. The molecule has 0 aliphatic heterocycles. The second kappa shape index (κ2) is 6.35. The Morgan fingerprint density at radius 1 is 1.29 bits per heavy atom. The average Bonchev–Trinajstić information content (AvgIpc) is 2.46. The van der Waals surface area contributed by atoms with E-state index in [-0.39, 0.29) is 17.3 Å². The SMILES string of the molecule is NC(N)=NCC1(c2ccc(Cl)cc2)CCC(C(=O)O)CC1. The average molecular weight is 310 g/mol. The molecule has 2 rings (SSSR count). The molecule has 0 spiro atoms. The number of carbonyl (C=O) groups is 1. The van der Waals surface area contributed by atoms with Crippen LogP contribution in [0.4, 0.5) is 0 Å². The first-order valence-corrected chi connectivity index (χ1v) is 7.35. The number of benzene rings is 1. The van der Waals surface area contributed by atoms with Crippen molar-refractivity contribution in [2.45, 2.75) is 31.1 Å². The van der Waals surface area contributed by atoms with Gasteiger partial charge in [0.05, 0.1) is 12.5 Å². The van der Waals surface area contributed by atoms with Gasteiger partial charge >= 0.3 is 5.97 Å². The number of halogens is 1. The Morgan fingerprint density at radius 2 is 1.86 bits per heavy atom. The van der Waals surface area contributed by atoms with E-state index in [1.165, 1.54) is 0 Å². The number of carboxylic acid groups (broad SMARTS) is 1. The van der Waals surface area contributed by atoms with Gasteiger partial charge in [0.25, 0.3) is 0 Å². The van der Waals surface area contributed by atoms with E-state index in [9.17, 15) is 4.79 Å². The van der Waals surface area contributed by atoms with Crippen LogP contribution < -0.4 is 11.5 Å². The Labute approximate surface area is 129 Å². The molecular weight excluding hydrogens is 290 g/mol. The Morgan fingerprint density at radius 3 is 2.33 bits per heavy atom. The third-order valence-corrected chi connectivity index (χ3v) is 4.56. The molecule has 1 fully saturated rings. The van der Waals surface area contributed by atoms with Crippen molar-refractivity contribution < 1.29 is 9.90 Å². The lowest BCUT2D eigenvalue weighted by Gasteiger charge is -2.38. The highest BCUT2D eigenvalue weighted by atomic mass is 35.5. The largest absolute Gasteiger partial charge is 0.481 e. The quantitative estimate of drug-likeness (QED) is 0.585. The lowest BCUT2D eigenvalue weighted by Crippen LogP contribution is -2.38. The van der Waals surface area contributed by atoms with Gasteiger partial charge < -0.3 is 16.6 Å². The third-order valence-electron chi connectivity index (χ3n) is 4.31. The third kappa shape index (κ3) is 3.67. The van der Waals surface area contributed by atoms with Crippen molar-refractivity contribution in [3.05, 3.63) is 34.9 Å². The minimum absolute atomic E-state index is 0.0590. The number of carboxylic acids is 1. The standard InChI is InChI=1S/C15H20ClN3O2/c16-12-3-1-11(2-4-12)15(9-19-14(17)18)7-5-10(6-8-15)13(20)21/h1-4,10H,5-9H2,(H,20,21)(H4,17,18,19). The number of hydrogen-bond acceptors (Lipinski definition) is 2. The van der Waals surface area contributed by atoms with Gasteiger partial charge in [-0.1, -0.05) is 23.7 Å². The highest BCUT2D eigenvalue weighted by molar-refractivity contribution is 6.30. The monoisotopic (exact) mass is 309 g/mol. The van der Waals surface area contributed by atoms with Crippen LogP contribution in [0.25, 0.3) is 0 Å². The Bertz CT molecular complexity index is 530. The van der Waals surface area contributed by atoms with Crippen molar-refractivity contribution in [1.29, 1.82) is 0 Å². The summed E-state index contributed by atoms with van der Waals surface area (Å²) in [5.74, 6) is -0.935. The molecule has 5 nitrogen and oxygen atoms in total. The van der Waals surface area contributed by atoms with Crippen molar-refractivity contribution in [1.82, 2.24) is 0 Å². The molecule has 5 N–H and O–H groups in total. The van der Waals surface area contributed by atoms with Crippen molar-refractivity contribution in [2.24, 2.45) is 22.4 Å². The van der Waals surface area contributed by atoms with E-state index in [0.29, 0.717) is 24.4 Å². The van der Waals surface area contributed by atoms with Crippen LogP contribution in [0.3, 0.4) is 0 Å². The van der Waals surface area contributed by atoms with Crippen LogP contribution >= 0.6 is 11.6 Å². The van der Waals surface area contributed by atoms with E-state index >= 15 is 0 Å². The summed E-state index contributed by atoms with van der Waals surface area (Å²) in [4.78, 5) is 15.3. The number of guanidine groups is 1. The Hall–Kier alpha value is -1.75. The van der Waals surface area contributed by atoms with Gasteiger partial charge in [-0.25, -0.2) is 0 Å². The molecule has 0 bridgehead atoms. The molecule has 0 saturated heterocycles. The number of hydrogen-bond donors (Lipinski definition) is 3. The molecule has 6 heteroatoms. The summed E-state index contributed by atoms with van der Waals surface area (Å²) in [5, 5.41) is 9.82. The van der Waals surface area contributed by atoms with Gasteiger partial charge in [-0.3, -0.25) is 9.79 Å². The molecular formula is C15H20ClN3O2. The van der Waals surface area contributed by atoms with Gasteiger partial charge in [0.15, 0.2) is 5.96 Å². The summed E-state index contributed by atoms with van der Waals surface area (Å²) < 4.78 is 0. The number of aliphatic carboxylic acids is 1. The van der Waals surface area contributed by atoms with E-state index in [1.54, 1.807) is 0 Å². The van der Waals surface area contributed by atoms with Crippen molar-refractivity contribution in [3.63, 3.8) is 0 Å². The summed E-state index contributed by atoms with van der Waals surface area (Å²) in [6.45, 7) is 0.476. The maximum Gasteiger partial charge on any atom is 0.306 e. The molecule has 0 heterocycles. The summed E-state index contributed by atoms with van der Waals surface area (Å²) in [5.41, 5.74) is 11.8. The number of rotatable bonds is 4. The molecule has 1 aliphatic carbocycles. The number of nitrogens with zero attached hydrogens (tertiary/aromatic N) is 1. The lowest BCUT2D eigenvalue weighted by molar-refractivity contribution is -0.143. The Kier molecular flexibility index (Phi) is 4.73. The van der Waals surface area contributed by atoms with Crippen molar-refractivity contribution in [3.8, 4) is 0 Å². The molecule has 1 aliphatic rings. The minimum atomic E-state index is -0.721.